The van der Waals surface area contributed by atoms with Crippen molar-refractivity contribution in [3.05, 3.63) is 23.3 Å². The van der Waals surface area contributed by atoms with Gasteiger partial charge in [-0.15, -0.1) is 0 Å². The number of hydrogen-bond donors (Lipinski definition) is 1. The van der Waals surface area contributed by atoms with E-state index in [1.54, 1.807) is 19.9 Å². The van der Waals surface area contributed by atoms with E-state index in [1.807, 2.05) is 26.8 Å². The smallest absolute Gasteiger partial charge is 0.344 e. The van der Waals surface area contributed by atoms with Crippen LogP contribution in [0.25, 0.3) is 0 Å². The molecule has 118 valence electrons. The van der Waals surface area contributed by atoms with Gasteiger partial charge in [0.2, 0.25) is 0 Å². The van der Waals surface area contributed by atoms with Gasteiger partial charge in [0.05, 0.1) is 6.61 Å². The molecule has 0 radical (unpaired) electrons. The van der Waals surface area contributed by atoms with Crippen molar-refractivity contribution in [3.63, 3.8) is 0 Å². The van der Waals surface area contributed by atoms with Crippen LogP contribution < -0.4 is 4.74 Å². The summed E-state index contributed by atoms with van der Waals surface area (Å²) in [7, 11) is 0. The Morgan fingerprint density at radius 1 is 1.33 bits per heavy atom. The van der Waals surface area contributed by atoms with Gasteiger partial charge in [0.25, 0.3) is 0 Å². The molecule has 5 nitrogen and oxygen atoms in total. The number of benzene rings is 1. The first-order valence-electron chi connectivity index (χ1n) is 6.71. The van der Waals surface area contributed by atoms with Crippen LogP contribution in [0.2, 0.25) is 0 Å². The van der Waals surface area contributed by atoms with Crippen LogP contribution in [0.3, 0.4) is 0 Å². The average Bonchev–Trinajstić information content (AvgIpc) is 2.35. The third-order valence-corrected chi connectivity index (χ3v) is 3.61. The standard InChI is InChI=1S/C15H22O5S/c1-6-19-13(16)9-20-14-10(2)7-11(15(3,4)5)8-12(14)21(17)18/h7-8H,6,9H2,1-5H3,(H,17,18). The summed E-state index contributed by atoms with van der Waals surface area (Å²) in [5, 5.41) is 0. The topological polar surface area (TPSA) is 72.8 Å². The molecule has 6 heteroatoms. The molecule has 0 aliphatic rings. The molecule has 1 atom stereocenters. The van der Waals surface area contributed by atoms with Crippen molar-refractivity contribution < 1.29 is 23.0 Å². The molecule has 1 unspecified atom stereocenters. The van der Waals surface area contributed by atoms with Crippen LogP contribution in [0.15, 0.2) is 17.0 Å². The molecule has 0 amide bonds. The summed E-state index contributed by atoms with van der Waals surface area (Å²) in [5.74, 6) is -0.247. The average molecular weight is 314 g/mol. The Balaban J connectivity index is 3.14. The molecule has 0 aliphatic carbocycles. The molecule has 1 aromatic rings. The van der Waals surface area contributed by atoms with E-state index in [4.69, 9.17) is 9.47 Å². The Morgan fingerprint density at radius 3 is 2.43 bits per heavy atom. The number of aryl methyl sites for hydroxylation is 1. The fourth-order valence-electron chi connectivity index (χ4n) is 1.82. The van der Waals surface area contributed by atoms with Gasteiger partial charge in [0, 0.05) is 0 Å². The third kappa shape index (κ3) is 4.82. The van der Waals surface area contributed by atoms with Crippen molar-refractivity contribution in [1.29, 1.82) is 0 Å². The minimum atomic E-state index is -2.19. The molecule has 0 spiro atoms. The number of carbonyl (C=O) groups is 1. The summed E-state index contributed by atoms with van der Waals surface area (Å²) in [5.41, 5.74) is 1.49. The molecule has 0 aromatic heterocycles. The van der Waals surface area contributed by atoms with Gasteiger partial charge in [-0.25, -0.2) is 9.00 Å². The zero-order valence-electron chi connectivity index (χ0n) is 13.1. The molecule has 0 fully saturated rings. The fraction of sp³-hybridized carbons (Fsp3) is 0.533. The zero-order chi connectivity index (χ0) is 16.2. The van der Waals surface area contributed by atoms with E-state index in [-0.39, 0.29) is 29.3 Å². The Bertz CT molecular complexity index is 546. The Labute approximate surface area is 127 Å². The Hall–Kier alpha value is -1.40. The maximum Gasteiger partial charge on any atom is 0.344 e. The highest BCUT2D eigenvalue weighted by atomic mass is 32.2. The van der Waals surface area contributed by atoms with Crippen LogP contribution in [0, 0.1) is 6.92 Å². The first-order valence-corrected chi connectivity index (χ1v) is 7.82. The van der Waals surface area contributed by atoms with E-state index < -0.39 is 17.0 Å². The summed E-state index contributed by atoms with van der Waals surface area (Å²) < 4.78 is 31.2. The van der Waals surface area contributed by atoms with Crippen LogP contribution >= 0.6 is 0 Å². The highest BCUT2D eigenvalue weighted by molar-refractivity contribution is 7.79. The molecule has 0 saturated heterocycles. The molecular weight excluding hydrogens is 292 g/mol. The van der Waals surface area contributed by atoms with E-state index in [1.165, 1.54) is 0 Å². The van der Waals surface area contributed by atoms with Crippen molar-refractivity contribution >= 4 is 17.0 Å². The Kier molecular flexibility index (Phi) is 5.92. The lowest BCUT2D eigenvalue weighted by Gasteiger charge is -2.22. The van der Waals surface area contributed by atoms with Crippen LogP contribution in [-0.2, 0) is 26.0 Å². The summed E-state index contributed by atoms with van der Waals surface area (Å²) in [4.78, 5) is 11.5. The number of esters is 1. The lowest BCUT2D eigenvalue weighted by Crippen LogP contribution is -2.17. The molecule has 0 heterocycles. The van der Waals surface area contributed by atoms with Crippen LogP contribution in [0.4, 0.5) is 0 Å². The summed E-state index contributed by atoms with van der Waals surface area (Å²) in [6.07, 6.45) is 0. The number of carbonyl (C=O) groups excluding carboxylic acids is 1. The molecule has 1 aromatic carbocycles. The van der Waals surface area contributed by atoms with E-state index in [2.05, 4.69) is 0 Å². The van der Waals surface area contributed by atoms with E-state index in [0.29, 0.717) is 5.56 Å². The molecule has 1 N–H and O–H groups in total. The molecule has 1 rings (SSSR count). The highest BCUT2D eigenvalue weighted by Gasteiger charge is 2.21. The van der Waals surface area contributed by atoms with E-state index in [9.17, 15) is 13.6 Å². The van der Waals surface area contributed by atoms with Gasteiger partial charge in [0.1, 0.15) is 10.6 Å². The van der Waals surface area contributed by atoms with Crippen molar-refractivity contribution in [2.75, 3.05) is 13.2 Å². The number of rotatable bonds is 5. The second-order valence-corrected chi connectivity index (χ2v) is 6.65. The predicted molar refractivity (Wildman–Crippen MR) is 81.0 cm³/mol. The van der Waals surface area contributed by atoms with Crippen molar-refractivity contribution in [2.24, 2.45) is 0 Å². The van der Waals surface area contributed by atoms with Gasteiger partial charge in [-0.1, -0.05) is 26.8 Å². The van der Waals surface area contributed by atoms with Crippen molar-refractivity contribution in [1.82, 2.24) is 0 Å². The summed E-state index contributed by atoms with van der Waals surface area (Å²) in [6, 6.07) is 3.54. The molecule has 0 bridgehead atoms. The van der Waals surface area contributed by atoms with Gasteiger partial charge >= 0.3 is 5.97 Å². The second-order valence-electron chi connectivity index (χ2n) is 5.71. The maximum absolute atomic E-state index is 11.5. The van der Waals surface area contributed by atoms with Gasteiger partial charge < -0.3 is 14.0 Å². The van der Waals surface area contributed by atoms with Crippen LogP contribution in [-0.4, -0.2) is 27.9 Å². The maximum atomic E-state index is 11.5. The largest absolute Gasteiger partial charge is 0.480 e. The molecular formula is C15H22O5S. The van der Waals surface area contributed by atoms with Crippen molar-refractivity contribution in [2.45, 2.75) is 44.9 Å². The van der Waals surface area contributed by atoms with Crippen molar-refractivity contribution in [3.8, 4) is 5.75 Å². The highest BCUT2D eigenvalue weighted by Crippen LogP contribution is 2.33. The first kappa shape index (κ1) is 17.7. The molecule has 21 heavy (non-hydrogen) atoms. The molecule has 0 aliphatic heterocycles. The third-order valence-electron chi connectivity index (χ3n) is 2.93. The normalized spacial score (nSPS) is 12.9. The van der Waals surface area contributed by atoms with Crippen LogP contribution in [0.5, 0.6) is 5.75 Å². The minimum Gasteiger partial charge on any atom is -0.480 e. The molecule has 0 saturated carbocycles. The summed E-state index contributed by atoms with van der Waals surface area (Å²) in [6.45, 7) is 9.53. The van der Waals surface area contributed by atoms with Gasteiger partial charge in [-0.2, -0.15) is 0 Å². The lowest BCUT2D eigenvalue weighted by atomic mass is 9.86. The monoisotopic (exact) mass is 314 g/mol. The number of hydrogen-bond acceptors (Lipinski definition) is 4. The number of ether oxygens (including phenoxy) is 2. The minimum absolute atomic E-state index is 0.154. The Morgan fingerprint density at radius 2 is 1.95 bits per heavy atom. The second kappa shape index (κ2) is 7.04. The van der Waals surface area contributed by atoms with E-state index in [0.717, 1.165) is 5.56 Å². The zero-order valence-corrected chi connectivity index (χ0v) is 13.9. The van der Waals surface area contributed by atoms with Crippen LogP contribution in [0.1, 0.15) is 38.8 Å². The van der Waals surface area contributed by atoms with E-state index >= 15 is 0 Å². The fourth-order valence-corrected chi connectivity index (χ4v) is 2.43. The first-order chi connectivity index (χ1) is 9.66. The SMILES string of the molecule is CCOC(=O)COc1c(C)cc(C(C)(C)C)cc1S(=O)O. The quantitative estimate of drug-likeness (QED) is 0.668. The van der Waals surface area contributed by atoms with Gasteiger partial charge in [-0.05, 0) is 36.5 Å². The predicted octanol–water partition coefficient (Wildman–Crippen LogP) is 2.82. The lowest BCUT2D eigenvalue weighted by molar-refractivity contribution is -0.145. The van der Waals surface area contributed by atoms with Gasteiger partial charge in [-0.3, -0.25) is 0 Å². The van der Waals surface area contributed by atoms with Gasteiger partial charge in [0.15, 0.2) is 17.7 Å². The summed E-state index contributed by atoms with van der Waals surface area (Å²) >= 11 is -2.19.